The van der Waals surface area contributed by atoms with E-state index in [1.54, 1.807) is 18.1 Å². The summed E-state index contributed by atoms with van der Waals surface area (Å²) < 4.78 is 4.08. The maximum Gasteiger partial charge on any atom is 0.146 e. The highest BCUT2D eigenvalue weighted by atomic mass is 32.2. The van der Waals surface area contributed by atoms with Gasteiger partial charge in [-0.25, -0.2) is 9.67 Å². The van der Waals surface area contributed by atoms with Crippen LogP contribution in [0.2, 0.25) is 0 Å². The molecule has 20 heavy (non-hydrogen) atoms. The lowest BCUT2D eigenvalue weighted by molar-refractivity contribution is 0.597. The van der Waals surface area contributed by atoms with Crippen molar-refractivity contribution in [1.82, 2.24) is 19.3 Å². The van der Waals surface area contributed by atoms with Crippen LogP contribution >= 0.6 is 11.8 Å². The fourth-order valence-electron chi connectivity index (χ4n) is 2.42. The molecule has 0 aliphatic rings. The van der Waals surface area contributed by atoms with Gasteiger partial charge in [0.2, 0.25) is 0 Å². The highest BCUT2D eigenvalue weighted by Crippen LogP contribution is 2.30. The second-order valence-electron chi connectivity index (χ2n) is 4.59. The molecule has 0 amide bonds. The lowest BCUT2D eigenvalue weighted by Gasteiger charge is -2.08. The number of hydrogen-bond acceptors (Lipinski definition) is 4. The SMILES string of the molecule is CCn1ncnc1Cn1ccc2c(SC)cc(N)cc21. The molecule has 5 nitrogen and oxygen atoms in total. The number of nitrogen functional groups attached to an aromatic ring is 1. The van der Waals surface area contributed by atoms with Crippen LogP contribution in [0.25, 0.3) is 10.9 Å². The molecule has 0 unspecified atom stereocenters. The fraction of sp³-hybridized carbons (Fsp3) is 0.286. The molecule has 0 spiro atoms. The number of aromatic nitrogens is 4. The van der Waals surface area contributed by atoms with Crippen LogP contribution in [0.4, 0.5) is 5.69 Å². The van der Waals surface area contributed by atoms with Crippen molar-refractivity contribution in [2.24, 2.45) is 0 Å². The normalized spacial score (nSPS) is 11.3. The summed E-state index contributed by atoms with van der Waals surface area (Å²) in [5.41, 5.74) is 7.93. The number of rotatable bonds is 4. The molecule has 2 aromatic heterocycles. The van der Waals surface area contributed by atoms with E-state index in [1.807, 2.05) is 16.8 Å². The average molecular weight is 287 g/mol. The first-order chi connectivity index (χ1) is 9.72. The van der Waals surface area contributed by atoms with Crippen LogP contribution in [0.3, 0.4) is 0 Å². The smallest absolute Gasteiger partial charge is 0.146 e. The molecule has 0 saturated heterocycles. The summed E-state index contributed by atoms with van der Waals surface area (Å²) in [5, 5.41) is 5.44. The van der Waals surface area contributed by atoms with Gasteiger partial charge < -0.3 is 10.3 Å². The first-order valence-corrected chi connectivity index (χ1v) is 7.74. The number of nitrogens with two attached hydrogens (primary N) is 1. The highest BCUT2D eigenvalue weighted by Gasteiger charge is 2.09. The van der Waals surface area contributed by atoms with E-state index < -0.39 is 0 Å². The minimum Gasteiger partial charge on any atom is -0.399 e. The predicted molar refractivity (Wildman–Crippen MR) is 82.9 cm³/mol. The van der Waals surface area contributed by atoms with Gasteiger partial charge in [0.15, 0.2) is 0 Å². The minimum atomic E-state index is 0.703. The standard InChI is InChI=1S/C14H17N5S/c1-3-19-14(16-9-17-19)8-18-5-4-11-12(18)6-10(15)7-13(11)20-2/h4-7,9H,3,8,15H2,1-2H3. The molecule has 0 atom stereocenters. The number of nitrogens with zero attached hydrogens (tertiary/aromatic N) is 4. The molecule has 104 valence electrons. The van der Waals surface area contributed by atoms with E-state index in [-0.39, 0.29) is 0 Å². The summed E-state index contributed by atoms with van der Waals surface area (Å²) in [4.78, 5) is 5.53. The Hall–Kier alpha value is -1.95. The Kier molecular flexibility index (Phi) is 3.40. The van der Waals surface area contributed by atoms with Gasteiger partial charge in [0, 0.05) is 28.7 Å². The van der Waals surface area contributed by atoms with Crippen molar-refractivity contribution in [3.8, 4) is 0 Å². The maximum atomic E-state index is 6.00. The van der Waals surface area contributed by atoms with E-state index >= 15 is 0 Å². The number of anilines is 1. The molecule has 3 rings (SSSR count). The first kappa shape index (κ1) is 13.1. The van der Waals surface area contributed by atoms with Gasteiger partial charge in [-0.15, -0.1) is 11.8 Å². The zero-order chi connectivity index (χ0) is 14.1. The molecule has 0 aliphatic carbocycles. The summed E-state index contributed by atoms with van der Waals surface area (Å²) in [6.07, 6.45) is 5.75. The summed E-state index contributed by atoms with van der Waals surface area (Å²) in [6, 6.07) is 6.17. The van der Waals surface area contributed by atoms with E-state index in [9.17, 15) is 0 Å². The third-order valence-corrected chi connectivity index (χ3v) is 4.18. The van der Waals surface area contributed by atoms with Crippen LogP contribution in [-0.4, -0.2) is 25.6 Å². The van der Waals surface area contributed by atoms with Crippen molar-refractivity contribution in [2.45, 2.75) is 24.9 Å². The van der Waals surface area contributed by atoms with Crippen molar-refractivity contribution in [3.05, 3.63) is 36.5 Å². The molecular weight excluding hydrogens is 270 g/mol. The van der Waals surface area contributed by atoms with E-state index in [1.165, 1.54) is 10.3 Å². The van der Waals surface area contributed by atoms with Gasteiger partial charge in [-0.2, -0.15) is 5.10 Å². The Morgan fingerprint density at radius 2 is 2.20 bits per heavy atom. The van der Waals surface area contributed by atoms with Gasteiger partial charge >= 0.3 is 0 Å². The molecule has 2 heterocycles. The molecule has 1 aromatic carbocycles. The zero-order valence-corrected chi connectivity index (χ0v) is 12.4. The summed E-state index contributed by atoms with van der Waals surface area (Å²) in [6.45, 7) is 3.59. The second kappa shape index (κ2) is 5.20. The Morgan fingerprint density at radius 1 is 1.35 bits per heavy atom. The van der Waals surface area contributed by atoms with Crippen molar-refractivity contribution < 1.29 is 0 Å². The van der Waals surface area contributed by atoms with Gasteiger partial charge in [-0.05, 0) is 31.4 Å². The molecule has 0 radical (unpaired) electrons. The first-order valence-electron chi connectivity index (χ1n) is 6.52. The van der Waals surface area contributed by atoms with Crippen molar-refractivity contribution in [3.63, 3.8) is 0 Å². The Morgan fingerprint density at radius 3 is 2.95 bits per heavy atom. The third kappa shape index (κ3) is 2.16. The number of benzene rings is 1. The zero-order valence-electron chi connectivity index (χ0n) is 11.6. The van der Waals surface area contributed by atoms with Crippen LogP contribution in [0.1, 0.15) is 12.7 Å². The number of hydrogen-bond donors (Lipinski definition) is 1. The number of fused-ring (bicyclic) bond motifs is 1. The Bertz CT molecular complexity index is 743. The van der Waals surface area contributed by atoms with E-state index in [0.717, 1.165) is 23.6 Å². The molecule has 0 fully saturated rings. The molecule has 6 heteroatoms. The predicted octanol–water partition coefficient (Wildman–Crippen LogP) is 2.61. The summed E-state index contributed by atoms with van der Waals surface area (Å²) in [5.74, 6) is 0.957. The minimum absolute atomic E-state index is 0.703. The van der Waals surface area contributed by atoms with E-state index in [4.69, 9.17) is 5.73 Å². The van der Waals surface area contributed by atoms with Gasteiger partial charge in [0.05, 0.1) is 12.1 Å². The molecule has 3 aromatic rings. The van der Waals surface area contributed by atoms with Gasteiger partial charge in [-0.1, -0.05) is 0 Å². The van der Waals surface area contributed by atoms with Gasteiger partial charge in [0.25, 0.3) is 0 Å². The van der Waals surface area contributed by atoms with Crippen LogP contribution < -0.4 is 5.73 Å². The van der Waals surface area contributed by atoms with Crippen LogP contribution in [0.15, 0.2) is 35.6 Å². The fourth-order valence-corrected chi connectivity index (χ4v) is 3.06. The molecule has 0 bridgehead atoms. The second-order valence-corrected chi connectivity index (χ2v) is 5.44. The molecular formula is C14H17N5S. The lowest BCUT2D eigenvalue weighted by Crippen LogP contribution is -2.08. The molecule has 0 aliphatic heterocycles. The Balaban J connectivity index is 2.06. The van der Waals surface area contributed by atoms with Gasteiger partial charge in [-0.3, -0.25) is 0 Å². The van der Waals surface area contributed by atoms with Crippen molar-refractivity contribution in [2.75, 3.05) is 12.0 Å². The quantitative estimate of drug-likeness (QED) is 0.592. The lowest BCUT2D eigenvalue weighted by atomic mass is 10.2. The third-order valence-electron chi connectivity index (χ3n) is 3.40. The van der Waals surface area contributed by atoms with Crippen LogP contribution in [0.5, 0.6) is 0 Å². The van der Waals surface area contributed by atoms with Crippen molar-refractivity contribution in [1.29, 1.82) is 0 Å². The number of thioether (sulfide) groups is 1. The monoisotopic (exact) mass is 287 g/mol. The topological polar surface area (TPSA) is 61.7 Å². The van der Waals surface area contributed by atoms with E-state index in [2.05, 4.69) is 40.1 Å². The molecule has 2 N–H and O–H groups in total. The van der Waals surface area contributed by atoms with Crippen LogP contribution in [-0.2, 0) is 13.1 Å². The van der Waals surface area contributed by atoms with E-state index in [0.29, 0.717) is 6.54 Å². The maximum absolute atomic E-state index is 6.00. The van der Waals surface area contributed by atoms with Crippen molar-refractivity contribution >= 4 is 28.4 Å². The summed E-state index contributed by atoms with van der Waals surface area (Å²) in [7, 11) is 0. The van der Waals surface area contributed by atoms with Crippen LogP contribution in [0, 0.1) is 0 Å². The Labute approximate surface area is 121 Å². The molecule has 0 saturated carbocycles. The number of aryl methyl sites for hydroxylation is 1. The largest absolute Gasteiger partial charge is 0.399 e. The highest BCUT2D eigenvalue weighted by molar-refractivity contribution is 7.98. The average Bonchev–Trinajstić information content (AvgIpc) is 3.05. The van der Waals surface area contributed by atoms with Gasteiger partial charge in [0.1, 0.15) is 12.2 Å². The summed E-state index contributed by atoms with van der Waals surface area (Å²) >= 11 is 1.71.